The first kappa shape index (κ1) is 32.2. The van der Waals surface area contributed by atoms with Gasteiger partial charge >= 0.3 is 0 Å². The minimum absolute atomic E-state index is 0.108. The van der Waals surface area contributed by atoms with Crippen LogP contribution in [0.25, 0.3) is 10.9 Å². The van der Waals surface area contributed by atoms with Crippen molar-refractivity contribution in [3.05, 3.63) is 83.6 Å². The van der Waals surface area contributed by atoms with Gasteiger partial charge in [0.15, 0.2) is 11.5 Å². The average Bonchev–Trinajstić information content (AvgIpc) is 3.48. The average molecular weight is 604 g/mol. The summed E-state index contributed by atoms with van der Waals surface area (Å²) in [7, 11) is 7.73. The van der Waals surface area contributed by atoms with Crippen molar-refractivity contribution in [2.75, 3.05) is 61.8 Å². The van der Waals surface area contributed by atoms with E-state index in [-0.39, 0.29) is 18.4 Å². The smallest absolute Gasteiger partial charge is 0.254 e. The minimum atomic E-state index is -0.324. The van der Waals surface area contributed by atoms with Crippen LogP contribution in [0.2, 0.25) is 0 Å². The molecule has 0 aliphatic carbocycles. The summed E-state index contributed by atoms with van der Waals surface area (Å²) in [5, 5.41) is 1.13. The van der Waals surface area contributed by atoms with Gasteiger partial charge in [0, 0.05) is 56.0 Å². The zero-order valence-corrected chi connectivity index (χ0v) is 26.1. The Bertz CT molecular complexity index is 1510. The van der Waals surface area contributed by atoms with Crippen molar-refractivity contribution >= 4 is 22.7 Å². The number of methoxy groups -OCH3 is 5. The van der Waals surface area contributed by atoms with Crippen molar-refractivity contribution < 1.29 is 33.3 Å². The fourth-order valence-electron chi connectivity index (χ4n) is 5.14. The maximum Gasteiger partial charge on any atom is 0.254 e. The molecule has 10 nitrogen and oxygen atoms in total. The molecule has 0 radical (unpaired) electrons. The summed E-state index contributed by atoms with van der Waals surface area (Å²) in [5.74, 6) is 1.35. The van der Waals surface area contributed by atoms with Crippen molar-refractivity contribution in [3.8, 4) is 23.0 Å². The van der Waals surface area contributed by atoms with E-state index < -0.39 is 0 Å². The zero-order chi connectivity index (χ0) is 31.5. The number of aromatic nitrogens is 1. The Balaban J connectivity index is 1.60. The van der Waals surface area contributed by atoms with E-state index in [4.69, 9.17) is 23.7 Å². The van der Waals surface area contributed by atoms with Gasteiger partial charge in [-0.3, -0.25) is 9.59 Å². The lowest BCUT2D eigenvalue weighted by Crippen LogP contribution is -2.44. The molecule has 2 amide bonds. The van der Waals surface area contributed by atoms with E-state index in [0.29, 0.717) is 61.9 Å². The molecule has 4 aromatic rings. The third-order valence-corrected chi connectivity index (χ3v) is 7.51. The van der Waals surface area contributed by atoms with Crippen LogP contribution in [-0.2, 0) is 22.5 Å². The van der Waals surface area contributed by atoms with Gasteiger partial charge in [-0.1, -0.05) is 30.3 Å². The van der Waals surface area contributed by atoms with Crippen LogP contribution in [0.15, 0.2) is 66.9 Å². The van der Waals surface area contributed by atoms with E-state index in [0.717, 1.165) is 27.8 Å². The third kappa shape index (κ3) is 7.82. The Morgan fingerprint density at radius 1 is 0.795 bits per heavy atom. The van der Waals surface area contributed by atoms with Gasteiger partial charge in [0.25, 0.3) is 5.91 Å². The number of carbonyl (C=O) groups excluding carboxylic acids is 2. The maximum atomic E-state index is 14.0. The van der Waals surface area contributed by atoms with Crippen molar-refractivity contribution in [2.45, 2.75) is 19.4 Å². The molecule has 1 N–H and O–H groups in total. The first-order valence-corrected chi connectivity index (χ1v) is 14.5. The molecule has 1 heterocycles. The Morgan fingerprint density at radius 3 is 2.14 bits per heavy atom. The lowest BCUT2D eigenvalue weighted by Gasteiger charge is -2.28. The molecule has 0 fully saturated rings. The molecule has 0 bridgehead atoms. The lowest BCUT2D eigenvalue weighted by molar-refractivity contribution is -0.132. The molecule has 234 valence electrons. The number of nitrogens with zero attached hydrogens (tertiary/aromatic N) is 2. The predicted octanol–water partition coefficient (Wildman–Crippen LogP) is 4.95. The number of ether oxygens (including phenoxy) is 5. The number of carbonyl (C=O) groups is 2. The molecular formula is C34H41N3O7. The maximum absolute atomic E-state index is 14.0. The van der Waals surface area contributed by atoms with Crippen LogP contribution in [0.3, 0.4) is 0 Å². The quantitative estimate of drug-likeness (QED) is 0.181. The molecule has 0 spiro atoms. The molecule has 0 atom stereocenters. The number of amides is 2. The molecule has 0 aliphatic rings. The second-order valence-electron chi connectivity index (χ2n) is 10.3. The number of hydrogen-bond donors (Lipinski definition) is 1. The van der Waals surface area contributed by atoms with E-state index >= 15 is 0 Å². The number of nitrogens with one attached hydrogen (secondary N) is 1. The van der Waals surface area contributed by atoms with Crippen LogP contribution in [-0.4, -0.2) is 88.4 Å². The molecule has 4 rings (SSSR count). The molecule has 44 heavy (non-hydrogen) atoms. The van der Waals surface area contributed by atoms with Gasteiger partial charge in [-0.05, 0) is 54.3 Å². The molecule has 0 unspecified atom stereocenters. The second kappa shape index (κ2) is 15.7. The molecule has 10 heteroatoms. The highest BCUT2D eigenvalue weighted by Crippen LogP contribution is 2.38. The van der Waals surface area contributed by atoms with Crippen molar-refractivity contribution in [1.29, 1.82) is 0 Å². The predicted molar refractivity (Wildman–Crippen MR) is 169 cm³/mol. The Morgan fingerprint density at radius 2 is 1.50 bits per heavy atom. The summed E-state index contributed by atoms with van der Waals surface area (Å²) in [6, 6.07) is 19.0. The summed E-state index contributed by atoms with van der Waals surface area (Å²) < 4.78 is 26.9. The van der Waals surface area contributed by atoms with Gasteiger partial charge in [0.2, 0.25) is 11.7 Å². The monoisotopic (exact) mass is 603 g/mol. The number of para-hydroxylation sites is 1. The van der Waals surface area contributed by atoms with Gasteiger partial charge in [0.05, 0.1) is 28.4 Å². The van der Waals surface area contributed by atoms with E-state index in [2.05, 4.69) is 11.1 Å². The molecular weight excluding hydrogens is 562 g/mol. The van der Waals surface area contributed by atoms with Crippen molar-refractivity contribution in [1.82, 2.24) is 14.8 Å². The topological polar surface area (TPSA) is 103 Å². The normalized spacial score (nSPS) is 10.8. The number of H-pyrrole nitrogens is 1. The molecule has 3 aromatic carbocycles. The second-order valence-corrected chi connectivity index (χ2v) is 10.3. The van der Waals surface area contributed by atoms with Gasteiger partial charge in [-0.15, -0.1) is 0 Å². The number of benzene rings is 3. The highest BCUT2D eigenvalue weighted by Gasteiger charge is 2.25. The van der Waals surface area contributed by atoms with Gasteiger partial charge in [-0.2, -0.15) is 0 Å². The zero-order valence-electron chi connectivity index (χ0n) is 26.1. The van der Waals surface area contributed by atoms with Gasteiger partial charge < -0.3 is 38.5 Å². The third-order valence-electron chi connectivity index (χ3n) is 7.51. The standard InChI is InChI=1S/C34H41N3O7/c1-40-18-8-16-37(34(39)26-19-30(42-3)33(44-5)31(20-26)43-4)23-32(38)36(22-24-11-13-27(41-2)14-12-24)17-15-25-21-35-29-10-7-6-9-28(25)29/h6-7,9-14,19-21,35H,8,15-18,22-23H2,1-5H3. The number of hydrogen-bond acceptors (Lipinski definition) is 7. The van der Waals surface area contributed by atoms with Gasteiger partial charge in [0.1, 0.15) is 12.3 Å². The summed E-state index contributed by atoms with van der Waals surface area (Å²) in [4.78, 5) is 34.6. The Hall–Kier alpha value is -4.70. The van der Waals surface area contributed by atoms with E-state index in [1.807, 2.05) is 48.7 Å². The van der Waals surface area contributed by atoms with E-state index in [1.54, 1.807) is 36.2 Å². The lowest BCUT2D eigenvalue weighted by atomic mass is 10.1. The van der Waals surface area contributed by atoms with Crippen molar-refractivity contribution in [3.63, 3.8) is 0 Å². The summed E-state index contributed by atoms with van der Waals surface area (Å²) in [5.41, 5.74) is 3.46. The van der Waals surface area contributed by atoms with E-state index in [1.165, 1.54) is 21.3 Å². The molecule has 1 aromatic heterocycles. The first-order valence-electron chi connectivity index (χ1n) is 14.5. The van der Waals surface area contributed by atoms with Gasteiger partial charge in [-0.25, -0.2) is 0 Å². The highest BCUT2D eigenvalue weighted by molar-refractivity contribution is 5.97. The number of aromatic amines is 1. The molecule has 0 saturated heterocycles. The fourth-order valence-corrected chi connectivity index (χ4v) is 5.14. The molecule has 0 saturated carbocycles. The first-order chi connectivity index (χ1) is 21.4. The van der Waals surface area contributed by atoms with Crippen LogP contribution in [0, 0.1) is 0 Å². The summed E-state index contributed by atoms with van der Waals surface area (Å²) >= 11 is 0. The number of rotatable bonds is 16. The van der Waals surface area contributed by atoms with Crippen LogP contribution in [0.4, 0.5) is 0 Å². The fraction of sp³-hybridized carbons (Fsp3) is 0.353. The van der Waals surface area contributed by atoms with E-state index in [9.17, 15) is 9.59 Å². The Kier molecular flexibility index (Phi) is 11.5. The number of fused-ring (bicyclic) bond motifs is 1. The van der Waals surface area contributed by atoms with Crippen molar-refractivity contribution in [2.24, 2.45) is 0 Å². The van der Waals surface area contributed by atoms with Crippen LogP contribution < -0.4 is 18.9 Å². The largest absolute Gasteiger partial charge is 0.497 e. The Labute approximate surface area is 258 Å². The van der Waals surface area contributed by atoms with Crippen LogP contribution >= 0.6 is 0 Å². The molecule has 0 aliphatic heterocycles. The summed E-state index contributed by atoms with van der Waals surface area (Å²) in [6.07, 6.45) is 3.20. The minimum Gasteiger partial charge on any atom is -0.497 e. The van der Waals surface area contributed by atoms with Crippen LogP contribution in [0.5, 0.6) is 23.0 Å². The highest BCUT2D eigenvalue weighted by atomic mass is 16.5. The summed E-state index contributed by atoms with van der Waals surface area (Å²) in [6.45, 7) is 1.52. The SMILES string of the molecule is COCCCN(CC(=O)N(CCc1c[nH]c2ccccc12)Cc1ccc(OC)cc1)C(=O)c1cc(OC)c(OC)c(OC)c1. The van der Waals surface area contributed by atoms with Crippen LogP contribution in [0.1, 0.15) is 27.9 Å².